The van der Waals surface area contributed by atoms with Crippen molar-refractivity contribution in [3.8, 4) is 22.8 Å². The quantitative estimate of drug-likeness (QED) is 0.133. The van der Waals surface area contributed by atoms with Crippen LogP contribution in [0.4, 0.5) is 0 Å². The van der Waals surface area contributed by atoms with E-state index in [2.05, 4.69) is 119 Å². The first kappa shape index (κ1) is 28.0. The van der Waals surface area contributed by atoms with E-state index in [-0.39, 0.29) is 22.1 Å². The fourth-order valence-corrected chi connectivity index (χ4v) is 13.5. The normalized spacial score (nSPS) is 12.5. The fourth-order valence-electron chi connectivity index (χ4n) is 5.80. The van der Waals surface area contributed by atoms with Crippen LogP contribution in [0.2, 0.25) is 0 Å². The maximum atomic E-state index is 12.7. The zero-order chi connectivity index (χ0) is 29.2. The summed E-state index contributed by atoms with van der Waals surface area (Å²) in [5.41, 5.74) is 1.59. The van der Waals surface area contributed by atoms with Gasteiger partial charge in [-0.2, -0.15) is 0 Å². The van der Waals surface area contributed by atoms with Gasteiger partial charge in [0.15, 0.2) is 0 Å². The standard InChI is InChI=1S/C36H30BrO4P/c37-42(28-12-4-1-5-13-28,29-14-6-2-7-15-29,30-16-8-3-9-17-30)24-10-11-26-18-20-27(21-19-26)34-25-33(39)31-22-23-32(38)35(40)36(31)41-34/h1-9,12-23,25,38,40H,10-11,24H2. The summed E-state index contributed by atoms with van der Waals surface area (Å²) in [4.78, 5) is 12.7. The predicted molar refractivity (Wildman–Crippen MR) is 179 cm³/mol. The number of fused-ring (bicyclic) bond motifs is 1. The van der Waals surface area contributed by atoms with Crippen molar-refractivity contribution < 1.29 is 14.6 Å². The fraction of sp³-hybridized carbons (Fsp3) is 0.0833. The van der Waals surface area contributed by atoms with Gasteiger partial charge in [0, 0.05) is 0 Å². The van der Waals surface area contributed by atoms with Gasteiger partial charge in [0.1, 0.15) is 0 Å². The van der Waals surface area contributed by atoms with Gasteiger partial charge in [-0.15, -0.1) is 0 Å². The molecule has 2 N–H and O–H groups in total. The Labute approximate surface area is 252 Å². The summed E-state index contributed by atoms with van der Waals surface area (Å²) in [6.45, 7) is 0. The third-order valence-electron chi connectivity index (χ3n) is 8.02. The van der Waals surface area contributed by atoms with E-state index in [1.165, 1.54) is 39.7 Å². The number of benzene rings is 5. The molecule has 0 saturated heterocycles. The second-order valence-electron chi connectivity index (χ2n) is 10.5. The summed E-state index contributed by atoms with van der Waals surface area (Å²) >= 11 is 4.52. The topological polar surface area (TPSA) is 70.7 Å². The van der Waals surface area contributed by atoms with Gasteiger partial charge in [-0.25, -0.2) is 0 Å². The summed E-state index contributed by atoms with van der Waals surface area (Å²) < 4.78 is 5.86. The molecule has 210 valence electrons. The number of hydrogen-bond acceptors (Lipinski definition) is 4. The van der Waals surface area contributed by atoms with E-state index in [9.17, 15) is 15.0 Å². The van der Waals surface area contributed by atoms with Crippen LogP contribution in [0.15, 0.2) is 143 Å². The Bertz CT molecular complexity index is 1810. The number of phenols is 2. The Balaban J connectivity index is 1.32. The monoisotopic (exact) mass is 636 g/mol. The summed E-state index contributed by atoms with van der Waals surface area (Å²) in [7, 11) is 0. The van der Waals surface area contributed by atoms with Crippen molar-refractivity contribution in [3.05, 3.63) is 149 Å². The van der Waals surface area contributed by atoms with Crippen LogP contribution >= 0.6 is 20.8 Å². The Kier molecular flexibility index (Phi) is 7.49. The number of halogens is 1. The SMILES string of the molecule is O=c1cc(-c2ccc(CCCP(Br)(c3ccccc3)(c3ccccc3)c3ccccc3)cc2)oc2c(O)c(O)ccc12. The first-order chi connectivity index (χ1) is 20.4. The molecule has 0 fully saturated rings. The summed E-state index contributed by atoms with van der Waals surface area (Å²) in [6, 6.07) is 44.5. The van der Waals surface area contributed by atoms with E-state index in [1.54, 1.807) is 0 Å². The van der Waals surface area contributed by atoms with Crippen LogP contribution < -0.4 is 21.3 Å². The molecule has 42 heavy (non-hydrogen) atoms. The van der Waals surface area contributed by atoms with Gasteiger partial charge in [-0.05, 0) is 6.07 Å². The van der Waals surface area contributed by atoms with Gasteiger partial charge in [-0.3, -0.25) is 0 Å². The number of phenolic OH excluding ortho intramolecular Hbond substituents is 2. The van der Waals surface area contributed by atoms with Gasteiger partial charge in [0.25, 0.3) is 0 Å². The Morgan fingerprint density at radius 2 is 1.19 bits per heavy atom. The summed E-state index contributed by atoms with van der Waals surface area (Å²) in [5, 5.41) is 21.3. The zero-order valence-corrected chi connectivity index (χ0v) is 25.3. The van der Waals surface area contributed by atoms with E-state index < -0.39 is 11.1 Å². The molecule has 0 spiro atoms. The molecule has 0 aliphatic heterocycles. The summed E-state index contributed by atoms with van der Waals surface area (Å²) in [5.74, 6) is -0.430. The van der Waals surface area contributed by atoms with Crippen molar-refractivity contribution in [2.24, 2.45) is 0 Å². The molecule has 6 aromatic rings. The number of hydrogen-bond donors (Lipinski definition) is 2. The van der Waals surface area contributed by atoms with Crippen LogP contribution in [-0.2, 0) is 6.42 Å². The van der Waals surface area contributed by atoms with Crippen molar-refractivity contribution >= 4 is 47.7 Å². The number of rotatable bonds is 8. The molecule has 0 unspecified atom stereocenters. The van der Waals surface area contributed by atoms with E-state index >= 15 is 0 Å². The van der Waals surface area contributed by atoms with Crippen molar-refractivity contribution in [1.29, 1.82) is 0 Å². The molecular formula is C36H30BrO4P. The Morgan fingerprint density at radius 1 is 0.667 bits per heavy atom. The van der Waals surface area contributed by atoms with Crippen molar-refractivity contribution in [3.63, 3.8) is 0 Å². The number of aryl methyl sites for hydroxylation is 1. The molecule has 6 rings (SSSR count). The maximum absolute atomic E-state index is 12.7. The van der Waals surface area contributed by atoms with E-state index in [0.717, 1.165) is 24.6 Å². The first-order valence-electron chi connectivity index (χ1n) is 13.9. The Hall–Kier alpha value is -4.18. The second-order valence-corrected chi connectivity index (χ2v) is 19.6. The van der Waals surface area contributed by atoms with Crippen LogP contribution in [-0.4, -0.2) is 16.4 Å². The van der Waals surface area contributed by atoms with Crippen LogP contribution in [0.5, 0.6) is 11.5 Å². The van der Waals surface area contributed by atoms with Gasteiger partial charge in [0.2, 0.25) is 0 Å². The van der Waals surface area contributed by atoms with E-state index in [0.29, 0.717) is 5.76 Å². The second kappa shape index (κ2) is 11.2. The van der Waals surface area contributed by atoms with Gasteiger partial charge in [0.05, 0.1) is 0 Å². The van der Waals surface area contributed by atoms with Crippen LogP contribution in [0.3, 0.4) is 0 Å². The van der Waals surface area contributed by atoms with Crippen LogP contribution in [0.1, 0.15) is 12.0 Å². The molecule has 0 aliphatic rings. The molecule has 0 aliphatic carbocycles. The van der Waals surface area contributed by atoms with Crippen molar-refractivity contribution in [2.45, 2.75) is 12.8 Å². The molecule has 5 aromatic carbocycles. The summed E-state index contributed by atoms with van der Waals surface area (Å²) in [6.07, 6.45) is 2.75. The third kappa shape index (κ3) is 4.83. The van der Waals surface area contributed by atoms with Crippen LogP contribution in [0, 0.1) is 0 Å². The van der Waals surface area contributed by atoms with Crippen LogP contribution in [0.25, 0.3) is 22.3 Å². The molecule has 1 aromatic heterocycles. The van der Waals surface area contributed by atoms with Gasteiger partial charge in [-0.1, -0.05) is 0 Å². The Morgan fingerprint density at radius 3 is 1.71 bits per heavy atom. The minimum atomic E-state index is -2.98. The molecule has 4 nitrogen and oxygen atoms in total. The van der Waals surface area contributed by atoms with Gasteiger partial charge < -0.3 is 5.11 Å². The third-order valence-corrected chi connectivity index (χ3v) is 18.0. The zero-order valence-electron chi connectivity index (χ0n) is 22.9. The number of aromatic hydroxyl groups is 2. The molecule has 0 amide bonds. The van der Waals surface area contributed by atoms with E-state index in [4.69, 9.17) is 4.42 Å². The van der Waals surface area contributed by atoms with Gasteiger partial charge >= 0.3 is 242 Å². The molecule has 0 saturated carbocycles. The van der Waals surface area contributed by atoms with Crippen molar-refractivity contribution in [2.75, 3.05) is 6.16 Å². The van der Waals surface area contributed by atoms with E-state index in [1.807, 2.05) is 12.1 Å². The molecule has 1 heterocycles. The molecule has 0 bridgehead atoms. The molecule has 0 radical (unpaired) electrons. The molecular weight excluding hydrogens is 607 g/mol. The average molecular weight is 638 g/mol. The molecule has 0 atom stereocenters. The molecule has 6 heteroatoms. The predicted octanol–water partition coefficient (Wildman–Crippen LogP) is 7.64. The minimum absolute atomic E-state index is 0.0204. The average Bonchev–Trinajstić information content (AvgIpc) is 3.04. The first-order valence-corrected chi connectivity index (χ1v) is 18.3. The van der Waals surface area contributed by atoms with Crippen molar-refractivity contribution in [1.82, 2.24) is 0 Å².